The van der Waals surface area contributed by atoms with E-state index in [1.54, 1.807) is 12.3 Å². The molecule has 21 heavy (non-hydrogen) atoms. The Hall–Kier alpha value is -1.14. The second-order valence-electron chi connectivity index (χ2n) is 5.88. The zero-order chi connectivity index (χ0) is 15.3. The van der Waals surface area contributed by atoms with Crippen LogP contribution in [0.1, 0.15) is 46.0 Å². The minimum Gasteiger partial charge on any atom is -0.384 e. The molecule has 1 fully saturated rings. The van der Waals surface area contributed by atoms with E-state index in [0.29, 0.717) is 11.6 Å². The van der Waals surface area contributed by atoms with Crippen molar-refractivity contribution >= 4 is 15.7 Å². The third-order valence-electron chi connectivity index (χ3n) is 3.98. The predicted octanol–water partition coefficient (Wildman–Crippen LogP) is 2.76. The number of sulfonamides is 1. The molecule has 0 atom stereocenters. The number of pyridine rings is 1. The summed E-state index contributed by atoms with van der Waals surface area (Å²) in [5.74, 6) is 0.700. The summed E-state index contributed by atoms with van der Waals surface area (Å²) in [7, 11) is -3.51. The van der Waals surface area contributed by atoms with Crippen molar-refractivity contribution < 1.29 is 8.42 Å². The maximum atomic E-state index is 12.6. The number of hydrogen-bond donors (Lipinski definition) is 2. The molecule has 0 unspecified atom stereocenters. The van der Waals surface area contributed by atoms with Gasteiger partial charge in [-0.1, -0.05) is 13.8 Å². The lowest BCUT2D eigenvalue weighted by Crippen LogP contribution is -2.37. The van der Waals surface area contributed by atoms with Gasteiger partial charge >= 0.3 is 0 Å². The summed E-state index contributed by atoms with van der Waals surface area (Å²) in [5, 5.41) is 3.15. The van der Waals surface area contributed by atoms with Crippen LogP contribution >= 0.6 is 0 Å². The van der Waals surface area contributed by atoms with Crippen LogP contribution in [0.25, 0.3) is 0 Å². The highest BCUT2D eigenvalue weighted by molar-refractivity contribution is 7.89. The Balaban J connectivity index is 2.12. The van der Waals surface area contributed by atoms with Gasteiger partial charge in [-0.05, 0) is 44.1 Å². The van der Waals surface area contributed by atoms with Gasteiger partial charge in [-0.3, -0.25) is 4.98 Å². The Labute approximate surface area is 127 Å². The van der Waals surface area contributed by atoms with Gasteiger partial charge in [0.2, 0.25) is 10.0 Å². The molecule has 0 aliphatic heterocycles. The van der Waals surface area contributed by atoms with Gasteiger partial charge in [0.15, 0.2) is 0 Å². The SMILES string of the molecule is CCCNc1ccncc1S(=O)(=O)NC1CCC(C)CC1. The standard InChI is InChI=1S/C15H25N3O2S/c1-3-9-17-14-8-10-16-11-15(14)21(19,20)18-13-6-4-12(2)5-7-13/h8,10-13,18H,3-7,9H2,1-2H3,(H,16,17). The molecule has 0 radical (unpaired) electrons. The first-order chi connectivity index (χ1) is 10.0. The van der Waals surface area contributed by atoms with Crippen molar-refractivity contribution in [3.8, 4) is 0 Å². The largest absolute Gasteiger partial charge is 0.384 e. The van der Waals surface area contributed by atoms with Gasteiger partial charge < -0.3 is 5.32 Å². The third kappa shape index (κ3) is 4.41. The lowest BCUT2D eigenvalue weighted by molar-refractivity contribution is 0.332. The van der Waals surface area contributed by atoms with Crippen molar-refractivity contribution in [2.75, 3.05) is 11.9 Å². The molecule has 1 heterocycles. The van der Waals surface area contributed by atoms with Crippen molar-refractivity contribution in [1.82, 2.24) is 9.71 Å². The van der Waals surface area contributed by atoms with E-state index < -0.39 is 10.0 Å². The summed E-state index contributed by atoms with van der Waals surface area (Å²) in [6, 6.07) is 1.76. The molecule has 1 aliphatic carbocycles. The maximum absolute atomic E-state index is 12.6. The summed E-state index contributed by atoms with van der Waals surface area (Å²) >= 11 is 0. The van der Waals surface area contributed by atoms with Crippen LogP contribution in [0.3, 0.4) is 0 Å². The predicted molar refractivity (Wildman–Crippen MR) is 84.8 cm³/mol. The Morgan fingerprint density at radius 3 is 2.67 bits per heavy atom. The van der Waals surface area contributed by atoms with Crippen LogP contribution in [-0.2, 0) is 10.0 Å². The smallest absolute Gasteiger partial charge is 0.244 e. The minimum absolute atomic E-state index is 0.0467. The molecular weight excluding hydrogens is 286 g/mol. The Kier molecular flexibility index (Phi) is 5.58. The monoisotopic (exact) mass is 311 g/mol. The van der Waals surface area contributed by atoms with Crippen molar-refractivity contribution in [2.45, 2.75) is 56.9 Å². The molecule has 1 aliphatic rings. The molecule has 0 spiro atoms. The maximum Gasteiger partial charge on any atom is 0.244 e. The van der Waals surface area contributed by atoms with E-state index in [2.05, 4.69) is 21.9 Å². The van der Waals surface area contributed by atoms with E-state index in [1.807, 2.05) is 6.92 Å². The molecule has 2 rings (SSSR count). The fraction of sp³-hybridized carbons (Fsp3) is 0.667. The third-order valence-corrected chi connectivity index (χ3v) is 5.53. The van der Waals surface area contributed by atoms with Gasteiger partial charge in [-0.15, -0.1) is 0 Å². The molecular formula is C15H25N3O2S. The first-order valence-corrected chi connectivity index (χ1v) is 9.21. The topological polar surface area (TPSA) is 71.1 Å². The Morgan fingerprint density at radius 1 is 1.29 bits per heavy atom. The summed E-state index contributed by atoms with van der Waals surface area (Å²) in [6.07, 6.45) is 7.97. The van der Waals surface area contributed by atoms with Crippen LogP contribution in [0.15, 0.2) is 23.4 Å². The molecule has 1 aromatic heterocycles. The molecule has 0 bridgehead atoms. The summed E-state index contributed by atoms with van der Waals surface area (Å²) < 4.78 is 28.0. The molecule has 2 N–H and O–H groups in total. The normalized spacial score (nSPS) is 23.0. The van der Waals surface area contributed by atoms with E-state index in [9.17, 15) is 8.42 Å². The number of anilines is 1. The molecule has 0 aromatic carbocycles. The van der Waals surface area contributed by atoms with E-state index in [4.69, 9.17) is 0 Å². The van der Waals surface area contributed by atoms with Crippen LogP contribution in [0.2, 0.25) is 0 Å². The van der Waals surface area contributed by atoms with Crippen LogP contribution in [0.5, 0.6) is 0 Å². The zero-order valence-electron chi connectivity index (χ0n) is 12.8. The zero-order valence-corrected chi connectivity index (χ0v) is 13.6. The van der Waals surface area contributed by atoms with Gasteiger partial charge in [0.1, 0.15) is 4.90 Å². The van der Waals surface area contributed by atoms with Crippen molar-refractivity contribution in [2.24, 2.45) is 5.92 Å². The van der Waals surface area contributed by atoms with Gasteiger partial charge in [-0.25, -0.2) is 13.1 Å². The molecule has 0 saturated heterocycles. The van der Waals surface area contributed by atoms with E-state index >= 15 is 0 Å². The number of nitrogens with one attached hydrogen (secondary N) is 2. The van der Waals surface area contributed by atoms with Gasteiger partial charge in [0.05, 0.1) is 5.69 Å². The van der Waals surface area contributed by atoms with E-state index in [0.717, 1.165) is 38.6 Å². The molecule has 0 amide bonds. The van der Waals surface area contributed by atoms with Crippen LogP contribution in [-0.4, -0.2) is 26.0 Å². The van der Waals surface area contributed by atoms with Crippen LogP contribution < -0.4 is 10.0 Å². The van der Waals surface area contributed by atoms with Gasteiger partial charge in [0, 0.05) is 25.0 Å². The highest BCUT2D eigenvalue weighted by Gasteiger charge is 2.25. The average Bonchev–Trinajstić information content (AvgIpc) is 2.47. The van der Waals surface area contributed by atoms with Gasteiger partial charge in [0.25, 0.3) is 0 Å². The second-order valence-corrected chi connectivity index (χ2v) is 7.56. The lowest BCUT2D eigenvalue weighted by atomic mass is 9.88. The molecule has 1 saturated carbocycles. The fourth-order valence-corrected chi connectivity index (χ4v) is 4.09. The first-order valence-electron chi connectivity index (χ1n) is 7.73. The number of nitrogens with zero attached hydrogens (tertiary/aromatic N) is 1. The summed E-state index contributed by atoms with van der Waals surface area (Å²) in [5.41, 5.74) is 0.628. The quantitative estimate of drug-likeness (QED) is 0.847. The molecule has 118 valence electrons. The van der Waals surface area contributed by atoms with Crippen molar-refractivity contribution in [3.05, 3.63) is 18.5 Å². The van der Waals surface area contributed by atoms with Gasteiger partial charge in [-0.2, -0.15) is 0 Å². The van der Waals surface area contributed by atoms with Crippen molar-refractivity contribution in [3.63, 3.8) is 0 Å². The Bertz CT molecular complexity index is 552. The minimum atomic E-state index is -3.51. The summed E-state index contributed by atoms with van der Waals surface area (Å²) in [4.78, 5) is 4.21. The number of hydrogen-bond acceptors (Lipinski definition) is 4. The highest BCUT2D eigenvalue weighted by Crippen LogP contribution is 2.26. The Morgan fingerprint density at radius 2 is 2.00 bits per heavy atom. The average molecular weight is 311 g/mol. The molecule has 5 nitrogen and oxygen atoms in total. The number of aromatic nitrogens is 1. The highest BCUT2D eigenvalue weighted by atomic mass is 32.2. The second kappa shape index (κ2) is 7.22. The fourth-order valence-electron chi connectivity index (χ4n) is 2.66. The first kappa shape index (κ1) is 16.2. The number of rotatable bonds is 6. The molecule has 6 heteroatoms. The van der Waals surface area contributed by atoms with Crippen molar-refractivity contribution in [1.29, 1.82) is 0 Å². The lowest BCUT2D eigenvalue weighted by Gasteiger charge is -2.27. The van der Waals surface area contributed by atoms with Crippen LogP contribution in [0, 0.1) is 5.92 Å². The van der Waals surface area contributed by atoms with E-state index in [-0.39, 0.29) is 10.9 Å². The summed E-state index contributed by atoms with van der Waals surface area (Å²) in [6.45, 7) is 5.01. The van der Waals surface area contributed by atoms with E-state index in [1.165, 1.54) is 6.20 Å². The molecule has 1 aromatic rings. The van der Waals surface area contributed by atoms with Crippen LogP contribution in [0.4, 0.5) is 5.69 Å².